The molecule has 1 aliphatic carbocycles. The van der Waals surface area contributed by atoms with Crippen molar-refractivity contribution in [2.45, 2.75) is 25.2 Å². The minimum atomic E-state index is -0.219. The minimum absolute atomic E-state index is 0.125. The molecule has 2 aromatic heterocycles. The Hall–Kier alpha value is -5.78. The largest absolute Gasteiger partial charge is 0.454 e. The first-order valence-electron chi connectivity index (χ1n) is 19.9. The molecule has 10 rings (SSSR count). The van der Waals surface area contributed by atoms with E-state index in [1.807, 2.05) is 0 Å². The lowest BCUT2D eigenvalue weighted by molar-refractivity contribution is 0.409. The number of nitrogens with zero attached hydrogens (tertiary/aromatic N) is 2. The van der Waals surface area contributed by atoms with Crippen LogP contribution in [0.4, 0.5) is 0 Å². The summed E-state index contributed by atoms with van der Waals surface area (Å²) in [6.07, 6.45) is 8.52. The standard InChI is InChI=1S/C45H40B6N4O/c46-34-31-32-35(47)38(50)39(51)40(55-29-19-11-10-18-27(29)28-22-26(20-21-30(28)55)23-12-4-1-5-13-23)42(32)56-41(31)37(49)33(36(34)48)45-53-43(24-14-6-2-7-15-24)52-44(54-45)25-16-8-3-9-17-25/h1-4,6-12,14-22,43-44,52H,5,13,46-51H2,(H,53,54). The van der Waals surface area contributed by atoms with Gasteiger partial charge in [0.2, 0.25) is 0 Å². The summed E-state index contributed by atoms with van der Waals surface area (Å²) < 4.78 is 9.79. The summed E-state index contributed by atoms with van der Waals surface area (Å²) in [5.41, 5.74) is 18.7. The highest BCUT2D eigenvalue weighted by Gasteiger charge is 2.30. The zero-order valence-corrected chi connectivity index (χ0v) is 32.9. The Balaban J connectivity index is 1.22. The molecule has 0 saturated carbocycles. The van der Waals surface area contributed by atoms with Gasteiger partial charge < -0.3 is 14.3 Å². The topological polar surface area (TPSA) is 54.5 Å². The monoisotopic (exact) mass is 718 g/mol. The number of aliphatic imine (C=N–C) groups is 1. The summed E-state index contributed by atoms with van der Waals surface area (Å²) in [5.74, 6) is 0.873. The number of para-hydroxylation sites is 1. The molecule has 0 saturated heterocycles. The molecular formula is C45H40B6N4O. The number of rotatable bonds is 5. The van der Waals surface area contributed by atoms with Gasteiger partial charge in [0.15, 0.2) is 5.58 Å². The molecule has 2 N–H and O–H groups in total. The van der Waals surface area contributed by atoms with Crippen LogP contribution in [0.25, 0.3) is 55.0 Å². The molecule has 264 valence electrons. The maximum atomic E-state index is 7.33. The second kappa shape index (κ2) is 13.5. The number of furan rings is 1. The number of hydrogen-bond donors (Lipinski definition) is 2. The van der Waals surface area contributed by atoms with E-state index in [1.165, 1.54) is 71.0 Å². The van der Waals surface area contributed by atoms with Crippen molar-refractivity contribution in [3.05, 3.63) is 144 Å². The first-order chi connectivity index (χ1) is 27.3. The van der Waals surface area contributed by atoms with Crippen LogP contribution in [0.15, 0.2) is 131 Å². The van der Waals surface area contributed by atoms with Crippen LogP contribution in [0.1, 0.15) is 47.4 Å². The third-order valence-corrected chi connectivity index (χ3v) is 12.6. The fraction of sp³-hybridized carbons (Fsp3) is 0.0889. The number of aromatic nitrogens is 1. The van der Waals surface area contributed by atoms with E-state index in [1.54, 1.807) is 0 Å². The lowest BCUT2D eigenvalue weighted by Gasteiger charge is -2.33. The predicted octanol–water partition coefficient (Wildman–Crippen LogP) is 0.304. The molecule has 3 heterocycles. The van der Waals surface area contributed by atoms with Crippen molar-refractivity contribution in [2.75, 3.05) is 0 Å². The summed E-state index contributed by atoms with van der Waals surface area (Å²) in [6, 6.07) is 36.9. The van der Waals surface area contributed by atoms with E-state index < -0.39 is 0 Å². The molecule has 11 heteroatoms. The Morgan fingerprint density at radius 3 is 2.07 bits per heavy atom. The van der Waals surface area contributed by atoms with Crippen molar-refractivity contribution in [3.8, 4) is 5.69 Å². The van der Waals surface area contributed by atoms with Crippen LogP contribution in [0.5, 0.6) is 0 Å². The molecular weight excluding hydrogens is 677 g/mol. The molecule has 2 atom stereocenters. The smallest absolute Gasteiger partial charge is 0.158 e. The van der Waals surface area contributed by atoms with E-state index in [9.17, 15) is 0 Å². The van der Waals surface area contributed by atoms with Crippen molar-refractivity contribution >= 4 is 135 Å². The quantitative estimate of drug-likeness (QED) is 0.253. The Kier molecular flexibility index (Phi) is 8.34. The van der Waals surface area contributed by atoms with Crippen molar-refractivity contribution < 1.29 is 4.42 Å². The zero-order valence-electron chi connectivity index (χ0n) is 32.9. The van der Waals surface area contributed by atoms with E-state index in [-0.39, 0.29) is 12.3 Å². The van der Waals surface area contributed by atoms with Gasteiger partial charge in [-0.3, -0.25) is 5.32 Å². The van der Waals surface area contributed by atoms with Gasteiger partial charge in [0.25, 0.3) is 0 Å². The molecule has 1 aliphatic heterocycles. The first kappa shape index (κ1) is 34.7. The van der Waals surface area contributed by atoms with Gasteiger partial charge in [-0.2, -0.15) is 0 Å². The number of fused-ring (bicyclic) bond motifs is 6. The van der Waals surface area contributed by atoms with Crippen LogP contribution in [0.2, 0.25) is 0 Å². The van der Waals surface area contributed by atoms with Crippen LogP contribution in [-0.4, -0.2) is 57.5 Å². The van der Waals surface area contributed by atoms with Crippen molar-refractivity contribution in [1.82, 2.24) is 15.2 Å². The average molecular weight is 718 g/mol. The maximum Gasteiger partial charge on any atom is 0.158 e. The van der Waals surface area contributed by atoms with Crippen LogP contribution < -0.4 is 43.4 Å². The van der Waals surface area contributed by atoms with Gasteiger partial charge in [0, 0.05) is 27.1 Å². The van der Waals surface area contributed by atoms with Gasteiger partial charge >= 0.3 is 0 Å². The van der Waals surface area contributed by atoms with Crippen LogP contribution in [0, 0.1) is 0 Å². The highest BCUT2D eigenvalue weighted by molar-refractivity contribution is 6.65. The highest BCUT2D eigenvalue weighted by atomic mass is 16.3. The Morgan fingerprint density at radius 2 is 1.32 bits per heavy atom. The summed E-state index contributed by atoms with van der Waals surface area (Å²) in [6.45, 7) is 0. The maximum absolute atomic E-state index is 7.33. The molecule has 0 spiro atoms. The van der Waals surface area contributed by atoms with Gasteiger partial charge in [-0.15, -0.1) is 0 Å². The molecule has 2 aliphatic rings. The van der Waals surface area contributed by atoms with Gasteiger partial charge in [0.05, 0.1) is 16.7 Å². The van der Waals surface area contributed by atoms with E-state index in [0.29, 0.717) is 0 Å². The number of amidine groups is 1. The van der Waals surface area contributed by atoms with Gasteiger partial charge in [-0.1, -0.05) is 130 Å². The summed E-state index contributed by atoms with van der Waals surface area (Å²) >= 11 is 0. The van der Waals surface area contributed by atoms with Gasteiger partial charge in [-0.25, -0.2) is 4.99 Å². The third kappa shape index (κ3) is 5.32. The van der Waals surface area contributed by atoms with E-state index in [0.717, 1.165) is 57.7 Å². The molecule has 0 fully saturated rings. The predicted molar refractivity (Wildman–Crippen MR) is 255 cm³/mol. The Bertz CT molecular complexity index is 3000. The Labute approximate surface area is 332 Å². The molecule has 0 radical (unpaired) electrons. The third-order valence-electron chi connectivity index (χ3n) is 12.6. The van der Waals surface area contributed by atoms with Crippen molar-refractivity contribution in [2.24, 2.45) is 4.99 Å². The number of hydrogen-bond acceptors (Lipinski definition) is 4. The van der Waals surface area contributed by atoms with E-state index >= 15 is 0 Å². The lowest BCUT2D eigenvalue weighted by Crippen LogP contribution is -2.50. The van der Waals surface area contributed by atoms with Crippen LogP contribution >= 0.6 is 0 Å². The number of allylic oxidation sites excluding steroid dienone is 4. The molecule has 0 bridgehead atoms. The van der Waals surface area contributed by atoms with Crippen LogP contribution in [0.3, 0.4) is 0 Å². The molecule has 56 heavy (non-hydrogen) atoms. The number of benzene rings is 6. The average Bonchev–Trinajstić information content (AvgIpc) is 3.80. The molecule has 5 nitrogen and oxygen atoms in total. The van der Waals surface area contributed by atoms with Crippen molar-refractivity contribution in [3.63, 3.8) is 0 Å². The number of nitrogens with one attached hydrogen (secondary N) is 2. The van der Waals surface area contributed by atoms with E-state index in [4.69, 9.17) is 9.41 Å². The second-order valence-electron chi connectivity index (χ2n) is 15.7. The zero-order chi connectivity index (χ0) is 38.2. The highest BCUT2D eigenvalue weighted by Crippen LogP contribution is 2.38. The van der Waals surface area contributed by atoms with Gasteiger partial charge in [0.1, 0.15) is 70.8 Å². The first-order valence-corrected chi connectivity index (χ1v) is 19.9. The van der Waals surface area contributed by atoms with Gasteiger partial charge in [-0.05, 0) is 58.8 Å². The second-order valence-corrected chi connectivity index (χ2v) is 15.7. The molecule has 8 aromatic rings. The fourth-order valence-electron chi connectivity index (χ4n) is 9.35. The molecule has 6 aromatic carbocycles. The lowest BCUT2D eigenvalue weighted by atomic mass is 9.67. The summed E-state index contributed by atoms with van der Waals surface area (Å²) in [5, 5.41) is 12.5. The minimum Gasteiger partial charge on any atom is -0.454 e. The normalized spacial score (nSPS) is 17.1. The van der Waals surface area contributed by atoms with Crippen molar-refractivity contribution in [1.29, 1.82) is 0 Å². The summed E-state index contributed by atoms with van der Waals surface area (Å²) in [7, 11) is 13.5. The molecule has 0 amide bonds. The molecule has 2 unspecified atom stereocenters. The van der Waals surface area contributed by atoms with E-state index in [2.05, 4.69) is 184 Å². The summed E-state index contributed by atoms with van der Waals surface area (Å²) in [4.78, 5) is 5.38. The SMILES string of the molecule is Bc1c(B)c(B)c2c(oc3c(B)c(C4=NC(c5ccccc5)NC(c5ccccc5)N4)c(B)c(B)c32)c1-n1c2ccccc2c2cc(C3=CC=CCC3)ccc21. The fourth-order valence-corrected chi connectivity index (χ4v) is 9.35. The van der Waals surface area contributed by atoms with Crippen LogP contribution in [-0.2, 0) is 0 Å². The Morgan fingerprint density at radius 1 is 0.643 bits per heavy atom.